The molecule has 0 saturated carbocycles. The van der Waals surface area contributed by atoms with E-state index in [1.54, 1.807) is 18.2 Å². The first-order valence-electron chi connectivity index (χ1n) is 6.17. The minimum Gasteiger partial charge on any atom is -0.434 e. The molecule has 7 nitrogen and oxygen atoms in total. The molecular weight excluding hydrogens is 262 g/mol. The van der Waals surface area contributed by atoms with Crippen molar-refractivity contribution in [2.45, 2.75) is 12.5 Å². The van der Waals surface area contributed by atoms with Gasteiger partial charge in [0.2, 0.25) is 5.91 Å². The monoisotopic (exact) mass is 277 g/mol. The van der Waals surface area contributed by atoms with Crippen LogP contribution in [-0.2, 0) is 16.0 Å². The number of primary amides is 1. The Morgan fingerprint density at radius 2 is 2.25 bits per heavy atom. The standard InChI is InChI=1S/C13H15N3O4/c14-11(17)9-3-1-2-8(6-9)4-5-15-12(18)10-7-16-13(19)20-10/h1-3,6,10H,4-5,7H2,(H2,14,17)(H,15,18)(H,16,19)/t10-/m0/s1. The fourth-order valence-electron chi connectivity index (χ4n) is 1.86. The van der Waals surface area contributed by atoms with Gasteiger partial charge in [-0.1, -0.05) is 12.1 Å². The lowest BCUT2D eigenvalue weighted by molar-refractivity contribution is -0.127. The fraction of sp³-hybridized carbons (Fsp3) is 0.308. The summed E-state index contributed by atoms with van der Waals surface area (Å²) in [5.74, 6) is -0.825. The van der Waals surface area contributed by atoms with E-state index in [9.17, 15) is 14.4 Å². The molecule has 1 aliphatic heterocycles. The van der Waals surface area contributed by atoms with Gasteiger partial charge in [0.05, 0.1) is 6.54 Å². The Labute approximate surface area is 115 Å². The summed E-state index contributed by atoms with van der Waals surface area (Å²) in [4.78, 5) is 33.5. The van der Waals surface area contributed by atoms with Crippen molar-refractivity contribution in [3.63, 3.8) is 0 Å². The van der Waals surface area contributed by atoms with Gasteiger partial charge in [-0.15, -0.1) is 0 Å². The molecule has 20 heavy (non-hydrogen) atoms. The highest BCUT2D eigenvalue weighted by Crippen LogP contribution is 2.05. The number of hydrogen-bond donors (Lipinski definition) is 3. The van der Waals surface area contributed by atoms with E-state index in [4.69, 9.17) is 10.5 Å². The summed E-state index contributed by atoms with van der Waals surface area (Å²) >= 11 is 0. The van der Waals surface area contributed by atoms with Crippen molar-refractivity contribution < 1.29 is 19.1 Å². The van der Waals surface area contributed by atoms with Crippen LogP contribution < -0.4 is 16.4 Å². The van der Waals surface area contributed by atoms with E-state index >= 15 is 0 Å². The van der Waals surface area contributed by atoms with E-state index in [1.807, 2.05) is 6.07 Å². The number of nitrogens with two attached hydrogens (primary N) is 1. The molecule has 1 saturated heterocycles. The lowest BCUT2D eigenvalue weighted by Gasteiger charge is -2.09. The summed E-state index contributed by atoms with van der Waals surface area (Å²) in [5, 5.41) is 5.08. The Balaban J connectivity index is 1.81. The molecule has 7 heteroatoms. The maximum absolute atomic E-state index is 11.7. The normalized spacial score (nSPS) is 17.2. The summed E-state index contributed by atoms with van der Waals surface area (Å²) in [6.45, 7) is 0.566. The number of rotatable bonds is 5. The van der Waals surface area contributed by atoms with Crippen molar-refractivity contribution in [1.82, 2.24) is 10.6 Å². The predicted molar refractivity (Wildman–Crippen MR) is 69.9 cm³/mol. The molecule has 0 bridgehead atoms. The number of carbonyl (C=O) groups is 3. The first-order chi connectivity index (χ1) is 9.56. The minimum atomic E-state index is -0.778. The van der Waals surface area contributed by atoms with Gasteiger partial charge >= 0.3 is 6.09 Å². The predicted octanol–water partition coefficient (Wildman–Crippen LogP) is -0.447. The molecule has 0 radical (unpaired) electrons. The van der Waals surface area contributed by atoms with Crippen molar-refractivity contribution >= 4 is 17.9 Å². The average molecular weight is 277 g/mol. The number of nitrogens with one attached hydrogen (secondary N) is 2. The molecule has 1 aromatic rings. The van der Waals surface area contributed by atoms with E-state index in [-0.39, 0.29) is 12.5 Å². The minimum absolute atomic E-state index is 0.182. The van der Waals surface area contributed by atoms with Gasteiger partial charge in [-0.2, -0.15) is 0 Å². The Bertz CT molecular complexity index is 544. The van der Waals surface area contributed by atoms with E-state index < -0.39 is 18.1 Å². The van der Waals surface area contributed by atoms with Crippen LogP contribution in [0.5, 0.6) is 0 Å². The van der Waals surface area contributed by atoms with E-state index in [0.29, 0.717) is 18.5 Å². The molecule has 3 amide bonds. The molecule has 1 aromatic carbocycles. The number of hydrogen-bond acceptors (Lipinski definition) is 4. The molecule has 1 aliphatic rings. The number of cyclic esters (lactones) is 1. The average Bonchev–Trinajstić information content (AvgIpc) is 2.86. The molecule has 0 aliphatic carbocycles. The van der Waals surface area contributed by atoms with Gasteiger partial charge in [0.15, 0.2) is 6.10 Å². The number of benzene rings is 1. The van der Waals surface area contributed by atoms with E-state index in [0.717, 1.165) is 5.56 Å². The zero-order valence-electron chi connectivity index (χ0n) is 10.7. The highest BCUT2D eigenvalue weighted by molar-refractivity contribution is 5.92. The highest BCUT2D eigenvalue weighted by atomic mass is 16.6. The zero-order chi connectivity index (χ0) is 14.5. The third kappa shape index (κ3) is 3.47. The van der Waals surface area contributed by atoms with Crippen LogP contribution in [0.3, 0.4) is 0 Å². The molecule has 1 atom stereocenters. The maximum atomic E-state index is 11.7. The van der Waals surface area contributed by atoms with Gasteiger partial charge in [0, 0.05) is 12.1 Å². The zero-order valence-corrected chi connectivity index (χ0v) is 10.7. The van der Waals surface area contributed by atoms with Crippen molar-refractivity contribution in [3.8, 4) is 0 Å². The largest absolute Gasteiger partial charge is 0.434 e. The molecule has 1 heterocycles. The van der Waals surface area contributed by atoms with Gasteiger partial charge in [0.25, 0.3) is 5.91 Å². The van der Waals surface area contributed by atoms with Gasteiger partial charge in [0.1, 0.15) is 0 Å². The van der Waals surface area contributed by atoms with Gasteiger partial charge < -0.3 is 21.1 Å². The van der Waals surface area contributed by atoms with Gasteiger partial charge in [-0.05, 0) is 24.1 Å². The SMILES string of the molecule is NC(=O)c1cccc(CCNC(=O)[C@@H]2CNC(=O)O2)c1. The van der Waals surface area contributed by atoms with Crippen molar-refractivity contribution in [2.75, 3.05) is 13.1 Å². The molecule has 0 spiro atoms. The van der Waals surface area contributed by atoms with Crippen LogP contribution in [0.15, 0.2) is 24.3 Å². The van der Waals surface area contributed by atoms with E-state index in [1.165, 1.54) is 0 Å². The third-order valence-electron chi connectivity index (χ3n) is 2.90. The molecule has 4 N–H and O–H groups in total. The van der Waals surface area contributed by atoms with Crippen molar-refractivity contribution in [1.29, 1.82) is 0 Å². The van der Waals surface area contributed by atoms with Crippen LogP contribution in [0.1, 0.15) is 15.9 Å². The first kappa shape index (κ1) is 13.9. The summed E-state index contributed by atoms with van der Waals surface area (Å²) in [5.41, 5.74) is 6.52. The van der Waals surface area contributed by atoms with E-state index in [2.05, 4.69) is 10.6 Å². The smallest absolute Gasteiger partial charge is 0.408 e. The Hall–Kier alpha value is -2.57. The number of amides is 3. The molecule has 106 valence electrons. The molecule has 0 unspecified atom stereocenters. The Morgan fingerprint density at radius 1 is 1.45 bits per heavy atom. The van der Waals surface area contributed by atoms with Crippen LogP contribution in [0.4, 0.5) is 4.79 Å². The summed E-state index contributed by atoms with van der Waals surface area (Å²) in [7, 11) is 0. The summed E-state index contributed by atoms with van der Waals surface area (Å²) in [6.07, 6.45) is -0.806. The first-order valence-corrected chi connectivity index (χ1v) is 6.17. The third-order valence-corrected chi connectivity index (χ3v) is 2.90. The van der Waals surface area contributed by atoms with Gasteiger partial charge in [-0.3, -0.25) is 9.59 Å². The fourth-order valence-corrected chi connectivity index (χ4v) is 1.86. The van der Waals surface area contributed by atoms with Crippen molar-refractivity contribution in [3.05, 3.63) is 35.4 Å². The lowest BCUT2D eigenvalue weighted by Crippen LogP contribution is -2.37. The number of carbonyl (C=O) groups excluding carboxylic acids is 3. The molecule has 2 rings (SSSR count). The molecular formula is C13H15N3O4. The summed E-state index contributed by atoms with van der Waals surface area (Å²) in [6, 6.07) is 6.90. The quantitative estimate of drug-likeness (QED) is 0.677. The van der Waals surface area contributed by atoms with Crippen LogP contribution in [-0.4, -0.2) is 37.1 Å². The van der Waals surface area contributed by atoms with Crippen LogP contribution in [0.25, 0.3) is 0 Å². The van der Waals surface area contributed by atoms with Gasteiger partial charge in [-0.25, -0.2) is 4.79 Å². The second kappa shape index (κ2) is 6.05. The topological polar surface area (TPSA) is 111 Å². The second-order valence-corrected chi connectivity index (χ2v) is 4.38. The van der Waals surface area contributed by atoms with Crippen LogP contribution in [0.2, 0.25) is 0 Å². The lowest BCUT2D eigenvalue weighted by atomic mass is 10.1. The second-order valence-electron chi connectivity index (χ2n) is 4.38. The number of alkyl carbamates (subject to hydrolysis) is 1. The maximum Gasteiger partial charge on any atom is 0.408 e. The molecule has 1 fully saturated rings. The number of ether oxygens (including phenoxy) is 1. The Morgan fingerprint density at radius 3 is 2.90 bits per heavy atom. The molecule has 0 aromatic heterocycles. The highest BCUT2D eigenvalue weighted by Gasteiger charge is 2.28. The van der Waals surface area contributed by atoms with Crippen LogP contribution in [0, 0.1) is 0 Å². The summed E-state index contributed by atoms with van der Waals surface area (Å²) < 4.78 is 4.75. The van der Waals surface area contributed by atoms with Crippen LogP contribution >= 0.6 is 0 Å². The van der Waals surface area contributed by atoms with Crippen molar-refractivity contribution in [2.24, 2.45) is 5.73 Å². The Kier molecular flexibility index (Phi) is 4.19.